The standard InChI is InChI=1S/C12H15FO3/c1-8-6-9(4-3-5-12(14)15)11(16-2)7-10(8)13/h6-7H,3-5H2,1-2H3,(H,14,15). The third-order valence-electron chi connectivity index (χ3n) is 2.40. The highest BCUT2D eigenvalue weighted by Gasteiger charge is 2.08. The van der Waals surface area contributed by atoms with Gasteiger partial charge in [-0.1, -0.05) is 0 Å². The molecule has 0 aliphatic heterocycles. The van der Waals surface area contributed by atoms with E-state index in [0.717, 1.165) is 5.56 Å². The summed E-state index contributed by atoms with van der Waals surface area (Å²) in [6.07, 6.45) is 1.22. The Labute approximate surface area is 93.9 Å². The van der Waals surface area contributed by atoms with Gasteiger partial charge < -0.3 is 9.84 Å². The predicted octanol–water partition coefficient (Wildman–Crippen LogP) is 2.55. The first-order valence-corrected chi connectivity index (χ1v) is 5.09. The van der Waals surface area contributed by atoms with Gasteiger partial charge in [-0.3, -0.25) is 4.79 Å². The van der Waals surface area contributed by atoms with Gasteiger partial charge in [-0.2, -0.15) is 0 Å². The first-order chi connectivity index (χ1) is 7.54. The Morgan fingerprint density at radius 3 is 2.75 bits per heavy atom. The Hall–Kier alpha value is -1.58. The molecule has 88 valence electrons. The third kappa shape index (κ3) is 3.22. The van der Waals surface area contributed by atoms with Crippen LogP contribution in [0.4, 0.5) is 4.39 Å². The number of ether oxygens (including phenoxy) is 1. The number of halogens is 1. The van der Waals surface area contributed by atoms with Gasteiger partial charge in [0, 0.05) is 12.5 Å². The number of carboxylic acid groups (broad SMARTS) is 1. The first kappa shape index (κ1) is 12.5. The van der Waals surface area contributed by atoms with Crippen LogP contribution in [0.3, 0.4) is 0 Å². The van der Waals surface area contributed by atoms with Crippen LogP contribution >= 0.6 is 0 Å². The molecular formula is C12H15FO3. The van der Waals surface area contributed by atoms with E-state index >= 15 is 0 Å². The maximum atomic E-state index is 13.2. The van der Waals surface area contributed by atoms with Crippen molar-refractivity contribution < 1.29 is 19.0 Å². The SMILES string of the molecule is COc1cc(F)c(C)cc1CCCC(=O)O. The van der Waals surface area contributed by atoms with Crippen LogP contribution in [0.1, 0.15) is 24.0 Å². The van der Waals surface area contributed by atoms with E-state index in [4.69, 9.17) is 9.84 Å². The molecule has 0 heterocycles. The van der Waals surface area contributed by atoms with E-state index < -0.39 is 5.97 Å². The lowest BCUT2D eigenvalue weighted by Gasteiger charge is -2.09. The molecule has 1 rings (SSSR count). The summed E-state index contributed by atoms with van der Waals surface area (Å²) in [7, 11) is 1.48. The molecule has 0 atom stereocenters. The summed E-state index contributed by atoms with van der Waals surface area (Å²) < 4.78 is 18.3. The van der Waals surface area contributed by atoms with Crippen molar-refractivity contribution in [2.45, 2.75) is 26.2 Å². The van der Waals surface area contributed by atoms with Crippen molar-refractivity contribution in [3.8, 4) is 5.75 Å². The molecule has 0 aromatic heterocycles. The number of benzene rings is 1. The van der Waals surface area contributed by atoms with Gasteiger partial charge in [-0.05, 0) is 37.0 Å². The third-order valence-corrected chi connectivity index (χ3v) is 2.40. The second-order valence-electron chi connectivity index (χ2n) is 3.66. The number of methoxy groups -OCH3 is 1. The first-order valence-electron chi connectivity index (χ1n) is 5.09. The van der Waals surface area contributed by atoms with E-state index in [1.54, 1.807) is 13.0 Å². The largest absolute Gasteiger partial charge is 0.496 e. The van der Waals surface area contributed by atoms with Crippen molar-refractivity contribution in [2.75, 3.05) is 7.11 Å². The van der Waals surface area contributed by atoms with Crippen LogP contribution in [-0.2, 0) is 11.2 Å². The zero-order valence-electron chi connectivity index (χ0n) is 9.42. The van der Waals surface area contributed by atoms with Crippen molar-refractivity contribution in [2.24, 2.45) is 0 Å². The van der Waals surface area contributed by atoms with E-state index in [1.165, 1.54) is 13.2 Å². The maximum absolute atomic E-state index is 13.2. The van der Waals surface area contributed by atoms with Crippen molar-refractivity contribution in [3.05, 3.63) is 29.1 Å². The van der Waals surface area contributed by atoms with Crippen LogP contribution in [-0.4, -0.2) is 18.2 Å². The minimum absolute atomic E-state index is 0.111. The molecule has 0 saturated carbocycles. The average Bonchev–Trinajstić information content (AvgIpc) is 2.22. The molecule has 0 bridgehead atoms. The van der Waals surface area contributed by atoms with Crippen LogP contribution in [0.25, 0.3) is 0 Å². The lowest BCUT2D eigenvalue weighted by atomic mass is 10.0. The highest BCUT2D eigenvalue weighted by Crippen LogP contribution is 2.24. The summed E-state index contributed by atoms with van der Waals surface area (Å²) in [5.74, 6) is -0.648. The van der Waals surface area contributed by atoms with E-state index in [2.05, 4.69) is 0 Å². The average molecular weight is 226 g/mol. The summed E-state index contributed by atoms with van der Waals surface area (Å²) >= 11 is 0. The molecule has 0 saturated heterocycles. The van der Waals surface area contributed by atoms with Crippen molar-refractivity contribution >= 4 is 5.97 Å². The molecule has 1 N–H and O–H groups in total. The lowest BCUT2D eigenvalue weighted by Crippen LogP contribution is -1.99. The van der Waals surface area contributed by atoms with Crippen molar-refractivity contribution in [1.82, 2.24) is 0 Å². The van der Waals surface area contributed by atoms with E-state index in [9.17, 15) is 9.18 Å². The Kier molecular flexibility index (Phi) is 4.28. The van der Waals surface area contributed by atoms with Crippen LogP contribution in [0.5, 0.6) is 5.75 Å². The molecule has 3 nitrogen and oxygen atoms in total. The summed E-state index contributed by atoms with van der Waals surface area (Å²) in [5.41, 5.74) is 1.40. The fourth-order valence-corrected chi connectivity index (χ4v) is 1.54. The van der Waals surface area contributed by atoms with Crippen LogP contribution in [0.15, 0.2) is 12.1 Å². The summed E-state index contributed by atoms with van der Waals surface area (Å²) in [5, 5.41) is 8.53. The van der Waals surface area contributed by atoms with Crippen LogP contribution < -0.4 is 4.74 Å². The molecule has 1 aromatic carbocycles. The monoisotopic (exact) mass is 226 g/mol. The van der Waals surface area contributed by atoms with Gasteiger partial charge in [-0.15, -0.1) is 0 Å². The molecule has 0 amide bonds. The number of rotatable bonds is 5. The van der Waals surface area contributed by atoms with Crippen LogP contribution in [0.2, 0.25) is 0 Å². The van der Waals surface area contributed by atoms with Gasteiger partial charge in [0.1, 0.15) is 11.6 Å². The molecule has 0 fully saturated rings. The van der Waals surface area contributed by atoms with Gasteiger partial charge in [-0.25, -0.2) is 4.39 Å². The molecule has 0 spiro atoms. The Morgan fingerprint density at radius 1 is 1.50 bits per heavy atom. The number of aryl methyl sites for hydroxylation is 2. The molecule has 0 aliphatic rings. The number of carbonyl (C=O) groups is 1. The van der Waals surface area contributed by atoms with E-state index in [1.807, 2.05) is 0 Å². The summed E-state index contributed by atoms with van der Waals surface area (Å²) in [6, 6.07) is 3.04. The number of hydrogen-bond acceptors (Lipinski definition) is 2. The zero-order valence-corrected chi connectivity index (χ0v) is 9.42. The second-order valence-corrected chi connectivity index (χ2v) is 3.66. The van der Waals surface area contributed by atoms with Gasteiger partial charge in [0.05, 0.1) is 7.11 Å². The van der Waals surface area contributed by atoms with Gasteiger partial charge >= 0.3 is 5.97 Å². The number of hydrogen-bond donors (Lipinski definition) is 1. The lowest BCUT2D eigenvalue weighted by molar-refractivity contribution is -0.137. The van der Waals surface area contributed by atoms with Gasteiger partial charge in [0.15, 0.2) is 0 Å². The zero-order chi connectivity index (χ0) is 12.1. The molecule has 1 aromatic rings. The van der Waals surface area contributed by atoms with Gasteiger partial charge in [0.25, 0.3) is 0 Å². The molecule has 0 unspecified atom stereocenters. The smallest absolute Gasteiger partial charge is 0.303 e. The highest BCUT2D eigenvalue weighted by molar-refractivity contribution is 5.66. The highest BCUT2D eigenvalue weighted by atomic mass is 19.1. The second kappa shape index (κ2) is 5.49. The number of carboxylic acids is 1. The minimum atomic E-state index is -0.821. The van der Waals surface area contributed by atoms with Gasteiger partial charge in [0.2, 0.25) is 0 Å². The Balaban J connectivity index is 2.77. The fourth-order valence-electron chi connectivity index (χ4n) is 1.54. The van der Waals surface area contributed by atoms with Crippen LogP contribution in [0, 0.1) is 12.7 Å². The van der Waals surface area contributed by atoms with E-state index in [0.29, 0.717) is 24.2 Å². The molecule has 16 heavy (non-hydrogen) atoms. The minimum Gasteiger partial charge on any atom is -0.496 e. The predicted molar refractivity (Wildman–Crippen MR) is 58.3 cm³/mol. The topological polar surface area (TPSA) is 46.5 Å². The molecular weight excluding hydrogens is 211 g/mol. The normalized spacial score (nSPS) is 10.2. The number of aliphatic carboxylic acids is 1. The molecule has 4 heteroatoms. The van der Waals surface area contributed by atoms with Crippen molar-refractivity contribution in [1.29, 1.82) is 0 Å². The quantitative estimate of drug-likeness (QED) is 0.839. The molecule has 0 aliphatic carbocycles. The Morgan fingerprint density at radius 2 is 2.19 bits per heavy atom. The summed E-state index contributed by atoms with van der Waals surface area (Å²) in [4.78, 5) is 10.4. The molecule has 0 radical (unpaired) electrons. The summed E-state index contributed by atoms with van der Waals surface area (Å²) in [6.45, 7) is 1.68. The van der Waals surface area contributed by atoms with Crippen molar-refractivity contribution in [3.63, 3.8) is 0 Å². The maximum Gasteiger partial charge on any atom is 0.303 e. The Bertz CT molecular complexity index is 388. The fraction of sp³-hybridized carbons (Fsp3) is 0.417. The van der Waals surface area contributed by atoms with E-state index in [-0.39, 0.29) is 12.2 Å².